The van der Waals surface area contributed by atoms with E-state index >= 15 is 0 Å². The summed E-state index contributed by atoms with van der Waals surface area (Å²) in [5.74, 6) is 0.181. The van der Waals surface area contributed by atoms with Gasteiger partial charge in [0.05, 0.1) is 12.2 Å². The van der Waals surface area contributed by atoms with Gasteiger partial charge in [0.1, 0.15) is 5.75 Å². The van der Waals surface area contributed by atoms with Crippen LogP contribution in [0, 0.1) is 11.8 Å². The van der Waals surface area contributed by atoms with Gasteiger partial charge in [-0.05, 0) is 41.9 Å². The molecule has 0 spiro atoms. The van der Waals surface area contributed by atoms with Crippen molar-refractivity contribution in [1.29, 1.82) is 0 Å². The molecule has 0 aliphatic carbocycles. The van der Waals surface area contributed by atoms with Gasteiger partial charge in [-0.3, -0.25) is 0 Å². The molecule has 0 saturated heterocycles. The first kappa shape index (κ1) is 26.6. The second kappa shape index (κ2) is 10.1. The number of fused-ring (bicyclic) bond motifs is 2. The standard InChI is InChI=1S/C26H36O9Si/c1-26(2,3)36(4,5)35-25(15-6-7-20-21(8-15)32-13-31-20)18(12-28)17(11-27)24(30)16-9-22-23(10-19(16)29)34-14-33-22/h6-10,17-18,24-25,27-30H,11-14H2,1-5H3/t17-,18-,24?,25-/m0/s1. The summed E-state index contributed by atoms with van der Waals surface area (Å²) in [6.07, 6.45) is -1.99. The Morgan fingerprint density at radius 3 is 2.00 bits per heavy atom. The Hall–Kier alpha value is -2.50. The van der Waals surface area contributed by atoms with Gasteiger partial charge in [0, 0.05) is 36.7 Å². The molecule has 0 saturated carbocycles. The summed E-state index contributed by atoms with van der Waals surface area (Å²) in [7, 11) is -2.39. The van der Waals surface area contributed by atoms with Gasteiger partial charge in [-0.25, -0.2) is 0 Å². The third kappa shape index (κ3) is 5.01. The molecular weight excluding hydrogens is 484 g/mol. The van der Waals surface area contributed by atoms with Crippen molar-refractivity contribution in [2.75, 3.05) is 26.8 Å². The summed E-state index contributed by atoms with van der Waals surface area (Å²) in [6, 6.07) is 8.35. The van der Waals surface area contributed by atoms with E-state index in [-0.39, 0.29) is 36.5 Å². The second-order valence-corrected chi connectivity index (χ2v) is 15.6. The van der Waals surface area contributed by atoms with Gasteiger partial charge >= 0.3 is 0 Å². The quantitative estimate of drug-likeness (QED) is 0.365. The van der Waals surface area contributed by atoms with E-state index in [4.69, 9.17) is 23.4 Å². The van der Waals surface area contributed by atoms with Crippen LogP contribution in [-0.2, 0) is 4.43 Å². The normalized spacial score (nSPS) is 18.1. The van der Waals surface area contributed by atoms with E-state index in [1.54, 1.807) is 6.07 Å². The summed E-state index contributed by atoms with van der Waals surface area (Å²) in [4.78, 5) is 0. The first-order valence-corrected chi connectivity index (χ1v) is 15.0. The van der Waals surface area contributed by atoms with Crippen LogP contribution in [0.25, 0.3) is 0 Å². The molecular formula is C26H36O9Si. The zero-order valence-electron chi connectivity index (χ0n) is 21.4. The van der Waals surface area contributed by atoms with Crippen molar-refractivity contribution in [3.05, 3.63) is 41.5 Å². The number of aliphatic hydroxyl groups excluding tert-OH is 3. The summed E-state index contributed by atoms with van der Waals surface area (Å²) in [5.41, 5.74) is 0.914. The lowest BCUT2D eigenvalue weighted by Gasteiger charge is -2.43. The highest BCUT2D eigenvalue weighted by Crippen LogP contribution is 2.48. The number of aliphatic hydroxyl groups is 3. The molecule has 36 heavy (non-hydrogen) atoms. The van der Waals surface area contributed by atoms with E-state index in [1.807, 2.05) is 12.1 Å². The van der Waals surface area contributed by atoms with Crippen molar-refractivity contribution >= 4 is 8.32 Å². The molecule has 0 bridgehead atoms. The topological polar surface area (TPSA) is 127 Å². The molecule has 2 heterocycles. The molecule has 4 atom stereocenters. The van der Waals surface area contributed by atoms with E-state index in [9.17, 15) is 20.4 Å². The molecule has 0 radical (unpaired) electrons. The highest BCUT2D eigenvalue weighted by molar-refractivity contribution is 6.74. The number of benzene rings is 2. The molecule has 4 N–H and O–H groups in total. The van der Waals surface area contributed by atoms with Crippen LogP contribution in [0.1, 0.15) is 44.1 Å². The molecule has 2 aromatic rings. The van der Waals surface area contributed by atoms with Crippen molar-refractivity contribution in [2.24, 2.45) is 11.8 Å². The maximum absolute atomic E-state index is 11.4. The summed E-state index contributed by atoms with van der Waals surface area (Å²) >= 11 is 0. The molecule has 0 fully saturated rings. The maximum Gasteiger partial charge on any atom is 0.231 e. The fraction of sp³-hybridized carbons (Fsp3) is 0.538. The molecule has 4 rings (SSSR count). The Balaban J connectivity index is 1.74. The minimum Gasteiger partial charge on any atom is -0.507 e. The van der Waals surface area contributed by atoms with Gasteiger partial charge < -0.3 is 43.8 Å². The third-order valence-corrected chi connectivity index (χ3v) is 12.0. The molecule has 2 aromatic carbocycles. The van der Waals surface area contributed by atoms with Crippen molar-refractivity contribution < 1.29 is 43.8 Å². The van der Waals surface area contributed by atoms with Crippen LogP contribution >= 0.6 is 0 Å². The van der Waals surface area contributed by atoms with Crippen LogP contribution < -0.4 is 18.9 Å². The molecule has 2 aliphatic heterocycles. The Morgan fingerprint density at radius 2 is 1.42 bits per heavy atom. The Bertz CT molecular complexity index is 1080. The monoisotopic (exact) mass is 520 g/mol. The molecule has 0 amide bonds. The third-order valence-electron chi connectivity index (χ3n) is 7.56. The number of ether oxygens (including phenoxy) is 4. The lowest BCUT2D eigenvalue weighted by atomic mass is 9.79. The van der Waals surface area contributed by atoms with Crippen LogP contribution in [0.4, 0.5) is 0 Å². The fourth-order valence-electron chi connectivity index (χ4n) is 4.33. The molecule has 10 heteroatoms. The second-order valence-electron chi connectivity index (χ2n) is 10.8. The molecule has 0 aromatic heterocycles. The maximum atomic E-state index is 11.4. The van der Waals surface area contributed by atoms with Crippen LogP contribution in [0.15, 0.2) is 30.3 Å². The van der Waals surface area contributed by atoms with Gasteiger partial charge in [-0.15, -0.1) is 0 Å². The summed E-state index contributed by atoms with van der Waals surface area (Å²) < 4.78 is 28.6. The Morgan fingerprint density at radius 1 is 0.861 bits per heavy atom. The van der Waals surface area contributed by atoms with Gasteiger partial charge in [0.2, 0.25) is 13.6 Å². The van der Waals surface area contributed by atoms with Gasteiger partial charge in [0.25, 0.3) is 0 Å². The lowest BCUT2D eigenvalue weighted by Crippen LogP contribution is -2.45. The smallest absolute Gasteiger partial charge is 0.231 e. The Kier molecular flexibility index (Phi) is 7.45. The zero-order chi connectivity index (χ0) is 26.3. The van der Waals surface area contributed by atoms with E-state index < -0.39 is 39.0 Å². The Labute approximate surface area is 212 Å². The SMILES string of the molecule is CC(C)(C)[Si](C)(C)O[C@@H](c1ccc2c(c1)OCO2)[C@@H](CO)[C@H](CO)C(O)c1cc2c(cc1O)OCO2. The molecule has 198 valence electrons. The first-order valence-electron chi connectivity index (χ1n) is 12.1. The highest BCUT2D eigenvalue weighted by Gasteiger charge is 2.44. The highest BCUT2D eigenvalue weighted by atomic mass is 28.4. The number of hydrogen-bond acceptors (Lipinski definition) is 9. The summed E-state index contributed by atoms with van der Waals surface area (Å²) in [5, 5.41) is 42.9. The van der Waals surface area contributed by atoms with Crippen LogP contribution in [-0.4, -0.2) is 55.5 Å². The van der Waals surface area contributed by atoms with Crippen molar-refractivity contribution in [3.8, 4) is 28.7 Å². The van der Waals surface area contributed by atoms with E-state index in [0.717, 1.165) is 5.56 Å². The molecule has 9 nitrogen and oxygen atoms in total. The summed E-state index contributed by atoms with van der Waals surface area (Å²) in [6.45, 7) is 9.88. The van der Waals surface area contributed by atoms with Crippen molar-refractivity contribution in [2.45, 2.75) is 51.1 Å². The van der Waals surface area contributed by atoms with Gasteiger partial charge in [-0.1, -0.05) is 26.8 Å². The number of hydrogen-bond donors (Lipinski definition) is 4. The van der Waals surface area contributed by atoms with Gasteiger partial charge in [-0.2, -0.15) is 0 Å². The average molecular weight is 521 g/mol. The minimum absolute atomic E-state index is 0.0174. The molecule has 1 unspecified atom stereocenters. The number of rotatable bonds is 9. The van der Waals surface area contributed by atoms with Crippen LogP contribution in [0.2, 0.25) is 18.1 Å². The van der Waals surface area contributed by atoms with Crippen molar-refractivity contribution in [3.63, 3.8) is 0 Å². The van der Waals surface area contributed by atoms with E-state index in [0.29, 0.717) is 23.0 Å². The fourth-order valence-corrected chi connectivity index (χ4v) is 5.63. The van der Waals surface area contributed by atoms with E-state index in [2.05, 4.69) is 33.9 Å². The van der Waals surface area contributed by atoms with Gasteiger partial charge in [0.15, 0.2) is 31.3 Å². The first-order chi connectivity index (χ1) is 17.0. The largest absolute Gasteiger partial charge is 0.507 e. The number of aromatic hydroxyl groups is 1. The minimum atomic E-state index is -2.39. The van der Waals surface area contributed by atoms with Crippen LogP contribution in [0.3, 0.4) is 0 Å². The average Bonchev–Trinajstić information content (AvgIpc) is 3.47. The number of phenols is 1. The lowest BCUT2D eigenvalue weighted by molar-refractivity contribution is -0.0385. The van der Waals surface area contributed by atoms with Crippen LogP contribution in [0.5, 0.6) is 28.7 Å². The van der Waals surface area contributed by atoms with E-state index in [1.165, 1.54) is 12.1 Å². The predicted molar refractivity (Wildman–Crippen MR) is 134 cm³/mol. The molecule has 2 aliphatic rings. The predicted octanol–water partition coefficient (Wildman–Crippen LogP) is 3.86. The van der Waals surface area contributed by atoms with Crippen molar-refractivity contribution in [1.82, 2.24) is 0 Å². The number of phenolic OH excluding ortho intramolecular Hbond substituents is 1. The zero-order valence-corrected chi connectivity index (χ0v) is 22.4.